The Labute approximate surface area is 198 Å². The predicted molar refractivity (Wildman–Crippen MR) is 122 cm³/mol. The van der Waals surface area contributed by atoms with Crippen molar-refractivity contribution in [3.63, 3.8) is 0 Å². The summed E-state index contributed by atoms with van der Waals surface area (Å²) in [5.41, 5.74) is -0.842. The van der Waals surface area contributed by atoms with Crippen molar-refractivity contribution in [1.29, 1.82) is 0 Å². The molecule has 2 heterocycles. The fourth-order valence-corrected chi connectivity index (χ4v) is 3.34. The van der Waals surface area contributed by atoms with Crippen LogP contribution in [-0.4, -0.2) is 22.2 Å². The van der Waals surface area contributed by atoms with E-state index < -0.39 is 53.4 Å². The Kier molecular flexibility index (Phi) is 7.80. The van der Waals surface area contributed by atoms with Crippen molar-refractivity contribution in [2.24, 2.45) is 0 Å². The number of carbonyl (C=O) groups excluding carboxylic acids is 2. The first-order valence-corrected chi connectivity index (χ1v) is 10.3. The van der Waals surface area contributed by atoms with E-state index in [4.69, 9.17) is 18.3 Å². The second kappa shape index (κ2) is 10.8. The number of hydrogen-bond acceptors (Lipinski definition) is 10. The molecule has 0 amide bonds. The third-order valence-electron chi connectivity index (χ3n) is 4.96. The number of hydrogen-bond donors (Lipinski definition) is 2. The molecule has 0 aliphatic carbocycles. The first kappa shape index (κ1) is 25.3. The molecule has 1 aromatic carbocycles. The number of ether oxygens (including phenoxy) is 2. The van der Waals surface area contributed by atoms with Crippen molar-refractivity contribution >= 4 is 18.0 Å². The highest BCUT2D eigenvalue weighted by molar-refractivity contribution is 5.71. The number of rotatable bonds is 8. The predicted octanol–water partition coefficient (Wildman–Crippen LogP) is 2.25. The van der Waals surface area contributed by atoms with Crippen LogP contribution < -0.4 is 20.3 Å². The summed E-state index contributed by atoms with van der Waals surface area (Å²) < 4.78 is 21.6. The van der Waals surface area contributed by atoms with E-state index in [-0.39, 0.29) is 22.6 Å². The van der Waals surface area contributed by atoms with Gasteiger partial charge in [-0.15, -0.1) is 0 Å². The first-order chi connectivity index (χ1) is 16.7. The van der Waals surface area contributed by atoms with Gasteiger partial charge in [-0.2, -0.15) is 0 Å². The van der Waals surface area contributed by atoms with Gasteiger partial charge in [-0.3, -0.25) is 19.2 Å². The maximum atomic E-state index is 12.9. The number of esters is 2. The van der Waals surface area contributed by atoms with Gasteiger partial charge in [-0.05, 0) is 11.1 Å². The highest BCUT2D eigenvalue weighted by Crippen LogP contribution is 2.39. The van der Waals surface area contributed by atoms with Crippen molar-refractivity contribution in [2.45, 2.75) is 33.0 Å². The summed E-state index contributed by atoms with van der Waals surface area (Å²) in [4.78, 5) is 49.5. The Bertz CT molecular complexity index is 1300. The van der Waals surface area contributed by atoms with E-state index in [0.717, 1.165) is 31.9 Å². The van der Waals surface area contributed by atoms with Gasteiger partial charge >= 0.3 is 11.9 Å². The van der Waals surface area contributed by atoms with Gasteiger partial charge < -0.3 is 28.5 Å². The maximum Gasteiger partial charge on any atom is 0.308 e. The molecule has 3 rings (SSSR count). The van der Waals surface area contributed by atoms with E-state index in [1.807, 2.05) is 0 Å². The highest BCUT2D eigenvalue weighted by atomic mass is 16.5. The summed E-state index contributed by atoms with van der Waals surface area (Å²) in [6, 6.07) is 6.62. The normalized spacial score (nSPS) is 10.8. The molecule has 35 heavy (non-hydrogen) atoms. The van der Waals surface area contributed by atoms with Crippen LogP contribution in [-0.2, 0) is 22.8 Å². The Morgan fingerprint density at radius 1 is 0.886 bits per heavy atom. The van der Waals surface area contributed by atoms with Crippen LogP contribution >= 0.6 is 0 Å². The molecular formula is C25H22O10. The van der Waals surface area contributed by atoms with Crippen LogP contribution in [0.3, 0.4) is 0 Å². The van der Waals surface area contributed by atoms with Crippen molar-refractivity contribution < 1.29 is 38.1 Å². The van der Waals surface area contributed by atoms with Crippen LogP contribution in [0.1, 0.15) is 53.5 Å². The van der Waals surface area contributed by atoms with Crippen LogP contribution in [0.25, 0.3) is 6.08 Å². The lowest BCUT2D eigenvalue weighted by Crippen LogP contribution is -2.22. The molecule has 0 aliphatic rings. The summed E-state index contributed by atoms with van der Waals surface area (Å²) in [7, 11) is 0. The van der Waals surface area contributed by atoms with Gasteiger partial charge in [0.15, 0.2) is 11.5 Å². The molecule has 0 atom stereocenters. The van der Waals surface area contributed by atoms with Crippen LogP contribution in [0.5, 0.6) is 11.5 Å². The SMILES string of the molecule is C=Cc1ccc(C(c2occ(CO)c(=O)c2OC(C)=O)c2occ(CO)c(=O)c2OC(C)=O)cc1. The molecule has 0 saturated carbocycles. The van der Waals surface area contributed by atoms with E-state index in [0.29, 0.717) is 5.56 Å². The lowest BCUT2D eigenvalue weighted by Gasteiger charge is -2.20. The molecule has 0 spiro atoms. The average Bonchev–Trinajstić information content (AvgIpc) is 2.83. The molecule has 0 unspecified atom stereocenters. The van der Waals surface area contributed by atoms with Crippen molar-refractivity contribution in [3.8, 4) is 11.5 Å². The third-order valence-corrected chi connectivity index (χ3v) is 4.96. The summed E-state index contributed by atoms with van der Waals surface area (Å²) in [6.07, 6.45) is 3.57. The Balaban J connectivity index is 2.42. The van der Waals surface area contributed by atoms with Crippen molar-refractivity contribution in [3.05, 3.63) is 97.6 Å². The fraction of sp³-hybridized carbons (Fsp3) is 0.200. The fourth-order valence-electron chi connectivity index (χ4n) is 3.34. The topological polar surface area (TPSA) is 153 Å². The van der Waals surface area contributed by atoms with E-state index in [1.165, 1.54) is 0 Å². The van der Waals surface area contributed by atoms with E-state index in [1.54, 1.807) is 30.3 Å². The Hall–Kier alpha value is -4.28. The molecule has 10 nitrogen and oxygen atoms in total. The van der Waals surface area contributed by atoms with Gasteiger partial charge in [0.2, 0.25) is 22.4 Å². The molecule has 3 aromatic rings. The van der Waals surface area contributed by atoms with E-state index >= 15 is 0 Å². The van der Waals surface area contributed by atoms with Crippen LogP contribution in [0.15, 0.2) is 61.8 Å². The number of aliphatic hydroxyl groups is 2. The number of aliphatic hydroxyl groups excluding tert-OH is 2. The maximum absolute atomic E-state index is 12.9. The minimum Gasteiger partial charge on any atom is -0.464 e. The standard InChI is InChI=1S/C25H22O10/c1-4-15-5-7-16(8-6-15)19(22-24(34-13(2)28)20(30)17(9-26)11-32-22)23-25(35-14(3)29)21(31)18(10-27)12-33-23/h4-8,11-12,19,26-27H,1,9-10H2,2-3H3. The number of benzene rings is 1. The Morgan fingerprint density at radius 2 is 1.31 bits per heavy atom. The van der Waals surface area contributed by atoms with E-state index in [9.17, 15) is 29.4 Å². The largest absolute Gasteiger partial charge is 0.464 e. The molecule has 10 heteroatoms. The van der Waals surface area contributed by atoms with Gasteiger partial charge in [0.1, 0.15) is 18.4 Å². The van der Waals surface area contributed by atoms with Gasteiger partial charge in [0.05, 0.1) is 24.3 Å². The van der Waals surface area contributed by atoms with Crippen LogP contribution in [0.4, 0.5) is 0 Å². The Morgan fingerprint density at radius 3 is 1.66 bits per heavy atom. The zero-order valence-corrected chi connectivity index (χ0v) is 18.9. The summed E-state index contributed by atoms with van der Waals surface area (Å²) in [6.45, 7) is 4.47. The molecule has 0 aliphatic heterocycles. The average molecular weight is 482 g/mol. The molecule has 0 bridgehead atoms. The summed E-state index contributed by atoms with van der Waals surface area (Å²) >= 11 is 0. The third kappa shape index (κ3) is 5.29. The monoisotopic (exact) mass is 482 g/mol. The van der Waals surface area contributed by atoms with Crippen LogP contribution in [0, 0.1) is 0 Å². The molecule has 182 valence electrons. The van der Waals surface area contributed by atoms with Crippen molar-refractivity contribution in [1.82, 2.24) is 0 Å². The minimum atomic E-state index is -1.22. The smallest absolute Gasteiger partial charge is 0.308 e. The second-order valence-electron chi connectivity index (χ2n) is 7.37. The molecule has 2 aromatic heterocycles. The first-order valence-electron chi connectivity index (χ1n) is 10.3. The van der Waals surface area contributed by atoms with Gasteiger partial charge in [-0.1, -0.05) is 36.9 Å². The molecular weight excluding hydrogens is 460 g/mol. The minimum absolute atomic E-state index is 0.178. The van der Waals surface area contributed by atoms with Gasteiger partial charge in [-0.25, -0.2) is 0 Å². The zero-order chi connectivity index (χ0) is 25.7. The summed E-state index contributed by atoms with van der Waals surface area (Å²) in [5.74, 6) is -4.48. The summed E-state index contributed by atoms with van der Waals surface area (Å²) in [5, 5.41) is 19.0. The quantitative estimate of drug-likeness (QED) is 0.457. The molecule has 2 N–H and O–H groups in total. The van der Waals surface area contributed by atoms with E-state index in [2.05, 4.69) is 6.58 Å². The number of carbonyl (C=O) groups is 2. The van der Waals surface area contributed by atoms with Gasteiger partial charge in [0.25, 0.3) is 0 Å². The lowest BCUT2D eigenvalue weighted by atomic mass is 9.91. The molecule has 0 saturated heterocycles. The molecule has 0 radical (unpaired) electrons. The molecule has 0 fully saturated rings. The van der Waals surface area contributed by atoms with Gasteiger partial charge in [0, 0.05) is 13.8 Å². The second-order valence-corrected chi connectivity index (χ2v) is 7.37. The highest BCUT2D eigenvalue weighted by Gasteiger charge is 2.34. The van der Waals surface area contributed by atoms with Crippen molar-refractivity contribution in [2.75, 3.05) is 0 Å². The lowest BCUT2D eigenvalue weighted by molar-refractivity contribution is -0.133. The zero-order valence-electron chi connectivity index (χ0n) is 18.9. The van der Waals surface area contributed by atoms with Crippen LogP contribution in [0.2, 0.25) is 0 Å².